The number of amides is 1. The monoisotopic (exact) mass is 269 g/mol. The maximum Gasteiger partial charge on any atom is 0.407 e. The summed E-state index contributed by atoms with van der Waals surface area (Å²) in [6.45, 7) is 1.13. The van der Waals surface area contributed by atoms with Crippen LogP contribution in [0.15, 0.2) is 18.2 Å². The van der Waals surface area contributed by atoms with Crippen molar-refractivity contribution in [3.05, 3.63) is 34.9 Å². The molecule has 0 aromatic heterocycles. The lowest BCUT2D eigenvalue weighted by Crippen LogP contribution is -2.34. The average molecular weight is 270 g/mol. The smallest absolute Gasteiger partial charge is 0.407 e. The topological polar surface area (TPSA) is 40.5 Å². The van der Waals surface area contributed by atoms with Crippen molar-refractivity contribution in [2.45, 2.75) is 18.3 Å². The molecule has 0 saturated heterocycles. The normalized spacial score (nSPS) is 14.9. The van der Waals surface area contributed by atoms with Crippen molar-refractivity contribution in [1.29, 1.82) is 0 Å². The first-order valence-electron chi connectivity index (χ1n) is 4.85. The molecule has 0 fully saturated rings. The third-order valence-electron chi connectivity index (χ3n) is 2.71. The lowest BCUT2D eigenvalue weighted by atomic mass is 9.98. The first-order valence-corrected chi connectivity index (χ1v) is 5.97. The van der Waals surface area contributed by atoms with E-state index in [4.69, 9.17) is 5.11 Å². The van der Waals surface area contributed by atoms with Gasteiger partial charge < -0.3 is 10.0 Å². The molecular formula is C11H12BrNO2. The molecule has 15 heavy (non-hydrogen) atoms. The van der Waals surface area contributed by atoms with E-state index >= 15 is 0 Å². The van der Waals surface area contributed by atoms with Crippen LogP contribution in [0.4, 0.5) is 4.79 Å². The molecule has 1 aliphatic heterocycles. The van der Waals surface area contributed by atoms with Gasteiger partial charge in [0.15, 0.2) is 0 Å². The van der Waals surface area contributed by atoms with Gasteiger partial charge >= 0.3 is 6.09 Å². The van der Waals surface area contributed by atoms with Crippen LogP contribution in [0.2, 0.25) is 0 Å². The molecule has 1 aromatic rings. The average Bonchev–Trinajstić information content (AvgIpc) is 2.27. The van der Waals surface area contributed by atoms with Gasteiger partial charge in [0.05, 0.1) is 0 Å². The molecule has 0 spiro atoms. The summed E-state index contributed by atoms with van der Waals surface area (Å²) in [5.74, 6) is 0. The lowest BCUT2D eigenvalue weighted by Gasteiger charge is -2.26. The lowest BCUT2D eigenvalue weighted by molar-refractivity contribution is 0.140. The number of rotatable bonds is 1. The molecule has 0 saturated carbocycles. The van der Waals surface area contributed by atoms with Gasteiger partial charge in [0.25, 0.3) is 0 Å². The third-order valence-corrected chi connectivity index (χ3v) is 3.36. The van der Waals surface area contributed by atoms with Crippen molar-refractivity contribution in [2.24, 2.45) is 0 Å². The number of hydrogen-bond donors (Lipinski definition) is 1. The second-order valence-electron chi connectivity index (χ2n) is 3.69. The fraction of sp³-hybridized carbons (Fsp3) is 0.364. The maximum atomic E-state index is 10.8. The summed E-state index contributed by atoms with van der Waals surface area (Å²) in [4.78, 5) is 12.3. The van der Waals surface area contributed by atoms with Crippen molar-refractivity contribution in [2.75, 3.05) is 6.54 Å². The number of carbonyl (C=O) groups is 1. The first-order chi connectivity index (χ1) is 7.20. The fourth-order valence-corrected chi connectivity index (χ4v) is 2.20. The highest BCUT2D eigenvalue weighted by Gasteiger charge is 2.19. The van der Waals surface area contributed by atoms with E-state index in [1.165, 1.54) is 16.0 Å². The predicted octanol–water partition coefficient (Wildman–Crippen LogP) is 2.62. The minimum Gasteiger partial charge on any atom is -0.465 e. The number of benzene rings is 1. The summed E-state index contributed by atoms with van der Waals surface area (Å²) in [6.07, 6.45) is -0.00660. The van der Waals surface area contributed by atoms with Gasteiger partial charge in [-0.25, -0.2) is 4.79 Å². The Bertz CT molecular complexity index is 392. The second-order valence-corrected chi connectivity index (χ2v) is 4.25. The van der Waals surface area contributed by atoms with Crippen LogP contribution in [0.5, 0.6) is 0 Å². The largest absolute Gasteiger partial charge is 0.465 e. The molecular weight excluding hydrogens is 258 g/mol. The van der Waals surface area contributed by atoms with Crippen molar-refractivity contribution in [3.63, 3.8) is 0 Å². The predicted molar refractivity (Wildman–Crippen MR) is 61.2 cm³/mol. The standard InChI is InChI=1S/C11H12BrNO2/c12-6-8-1-2-10-7-13(11(14)15)4-3-9(10)5-8/h1-2,5H,3-4,6-7H2,(H,14,15). The van der Waals surface area contributed by atoms with E-state index in [-0.39, 0.29) is 0 Å². The highest BCUT2D eigenvalue weighted by molar-refractivity contribution is 9.08. The first kappa shape index (κ1) is 10.5. The molecule has 0 atom stereocenters. The van der Waals surface area contributed by atoms with Crippen LogP contribution in [0.3, 0.4) is 0 Å². The van der Waals surface area contributed by atoms with Crippen LogP contribution < -0.4 is 0 Å². The molecule has 1 aliphatic rings. The van der Waals surface area contributed by atoms with Crippen molar-refractivity contribution < 1.29 is 9.90 Å². The molecule has 2 rings (SSSR count). The van der Waals surface area contributed by atoms with Crippen LogP contribution in [0.25, 0.3) is 0 Å². The number of alkyl halides is 1. The van der Waals surface area contributed by atoms with Crippen molar-refractivity contribution >= 4 is 22.0 Å². The molecule has 1 aromatic carbocycles. The summed E-state index contributed by atoms with van der Waals surface area (Å²) in [5.41, 5.74) is 3.66. The molecule has 1 heterocycles. The zero-order chi connectivity index (χ0) is 10.8. The van der Waals surface area contributed by atoms with E-state index in [2.05, 4.69) is 22.0 Å². The SMILES string of the molecule is O=C(O)N1CCc2cc(CBr)ccc2C1. The number of carboxylic acid groups (broad SMARTS) is 1. The van der Waals surface area contributed by atoms with E-state index in [1.54, 1.807) is 0 Å². The minimum absolute atomic E-state index is 0.521. The van der Waals surface area contributed by atoms with E-state index in [9.17, 15) is 4.79 Å². The zero-order valence-corrected chi connectivity index (χ0v) is 9.83. The van der Waals surface area contributed by atoms with Gasteiger partial charge in [-0.3, -0.25) is 0 Å². The summed E-state index contributed by atoms with van der Waals surface area (Å²) < 4.78 is 0. The molecule has 0 aliphatic carbocycles. The van der Waals surface area contributed by atoms with Crippen LogP contribution in [0, 0.1) is 0 Å². The maximum absolute atomic E-state index is 10.8. The van der Waals surface area contributed by atoms with Gasteiger partial charge in [0.1, 0.15) is 0 Å². The Balaban J connectivity index is 2.24. The zero-order valence-electron chi connectivity index (χ0n) is 8.24. The summed E-state index contributed by atoms with van der Waals surface area (Å²) in [5, 5.41) is 9.73. The van der Waals surface area contributed by atoms with Crippen molar-refractivity contribution in [3.8, 4) is 0 Å². The molecule has 1 amide bonds. The highest BCUT2D eigenvalue weighted by Crippen LogP contribution is 2.21. The van der Waals surface area contributed by atoms with Gasteiger partial charge in [-0.15, -0.1) is 0 Å². The Morgan fingerprint density at radius 2 is 2.27 bits per heavy atom. The van der Waals surface area contributed by atoms with E-state index in [0.717, 1.165) is 17.3 Å². The number of fused-ring (bicyclic) bond motifs is 1. The summed E-state index contributed by atoms with van der Waals surface area (Å²) in [7, 11) is 0. The molecule has 0 radical (unpaired) electrons. The molecule has 0 unspecified atom stereocenters. The molecule has 3 nitrogen and oxygen atoms in total. The van der Waals surface area contributed by atoms with Gasteiger partial charge in [-0.05, 0) is 23.1 Å². The van der Waals surface area contributed by atoms with Gasteiger partial charge in [-0.1, -0.05) is 34.1 Å². The van der Waals surface area contributed by atoms with Crippen LogP contribution in [-0.2, 0) is 18.3 Å². The molecule has 4 heteroatoms. The Labute approximate surface area is 96.8 Å². The van der Waals surface area contributed by atoms with Crippen LogP contribution in [-0.4, -0.2) is 22.6 Å². The van der Waals surface area contributed by atoms with Gasteiger partial charge in [0.2, 0.25) is 0 Å². The van der Waals surface area contributed by atoms with Crippen molar-refractivity contribution in [1.82, 2.24) is 4.90 Å². The summed E-state index contributed by atoms with van der Waals surface area (Å²) in [6, 6.07) is 6.23. The van der Waals surface area contributed by atoms with Crippen LogP contribution >= 0.6 is 15.9 Å². The van der Waals surface area contributed by atoms with Gasteiger partial charge in [0, 0.05) is 18.4 Å². The van der Waals surface area contributed by atoms with Crippen LogP contribution in [0.1, 0.15) is 16.7 Å². The third kappa shape index (κ3) is 2.15. The van der Waals surface area contributed by atoms with E-state index < -0.39 is 6.09 Å². The second kappa shape index (κ2) is 4.23. The summed E-state index contributed by atoms with van der Waals surface area (Å²) >= 11 is 3.42. The fourth-order valence-electron chi connectivity index (χ4n) is 1.85. The molecule has 80 valence electrons. The number of halogens is 1. The molecule has 1 N–H and O–H groups in total. The van der Waals surface area contributed by atoms with E-state index in [0.29, 0.717) is 13.1 Å². The Morgan fingerprint density at radius 1 is 1.47 bits per heavy atom. The Hall–Kier alpha value is -1.03. The quantitative estimate of drug-likeness (QED) is 0.797. The Kier molecular flexibility index (Phi) is 2.95. The number of nitrogens with zero attached hydrogens (tertiary/aromatic N) is 1. The highest BCUT2D eigenvalue weighted by atomic mass is 79.9. The van der Waals surface area contributed by atoms with E-state index in [1.807, 2.05) is 12.1 Å². The van der Waals surface area contributed by atoms with Gasteiger partial charge in [-0.2, -0.15) is 0 Å². The number of hydrogen-bond acceptors (Lipinski definition) is 1. The molecule has 0 bridgehead atoms. The minimum atomic E-state index is -0.829. The Morgan fingerprint density at radius 3 is 2.93 bits per heavy atom.